The van der Waals surface area contributed by atoms with Crippen LogP contribution in [0.5, 0.6) is 0 Å². The number of alkyl halides is 3. The fraction of sp³-hybridized carbons (Fsp3) is 0.385. The number of hydrogen-bond donors (Lipinski definition) is 0. The molecule has 0 heterocycles. The van der Waals surface area contributed by atoms with E-state index < -0.39 is 17.6 Å². The topological polar surface area (TPSA) is 9.23 Å². The minimum absolute atomic E-state index is 0.0872. The second kappa shape index (κ2) is 5.89. The molecule has 0 aromatic heterocycles. The van der Waals surface area contributed by atoms with E-state index in [1.165, 1.54) is 0 Å². The lowest BCUT2D eigenvalue weighted by Crippen LogP contribution is -2.10. The average Bonchev–Trinajstić information content (AvgIpc) is 2.28. The Kier molecular flexibility index (Phi) is 4.76. The lowest BCUT2D eigenvalue weighted by molar-refractivity contribution is -0.138. The summed E-state index contributed by atoms with van der Waals surface area (Å²) in [7, 11) is 0. The largest absolute Gasteiger partial charge is 0.494 e. The van der Waals surface area contributed by atoms with Gasteiger partial charge in [0.25, 0.3) is 0 Å². The first kappa shape index (κ1) is 14.5. The first-order valence-corrected chi connectivity index (χ1v) is 5.55. The Bertz CT molecular complexity index is 423. The molecule has 0 bridgehead atoms. The number of hydrogen-bond acceptors (Lipinski definition) is 1. The first-order valence-electron chi connectivity index (χ1n) is 5.55. The third kappa shape index (κ3) is 3.75. The zero-order valence-electron chi connectivity index (χ0n) is 9.98. The van der Waals surface area contributed by atoms with Gasteiger partial charge < -0.3 is 4.74 Å². The van der Waals surface area contributed by atoms with Crippen molar-refractivity contribution in [1.82, 2.24) is 0 Å². The summed E-state index contributed by atoms with van der Waals surface area (Å²) < 4.78 is 56.1. The van der Waals surface area contributed by atoms with E-state index in [-0.39, 0.29) is 11.3 Å². The lowest BCUT2D eigenvalue weighted by Gasteiger charge is -2.15. The van der Waals surface area contributed by atoms with Crippen molar-refractivity contribution in [2.75, 3.05) is 6.61 Å². The molecule has 0 amide bonds. The van der Waals surface area contributed by atoms with E-state index in [1.807, 2.05) is 6.92 Å². The van der Waals surface area contributed by atoms with E-state index in [0.717, 1.165) is 25.0 Å². The molecular formula is C13H14F4O. The van der Waals surface area contributed by atoms with Crippen molar-refractivity contribution in [3.05, 3.63) is 41.7 Å². The standard InChI is InChI=1S/C13H14F4O/c1-3-4-7-18-9(2)11-6-5-10(14)8-12(11)13(15,16)17/h5-6,8H,2-4,7H2,1H3. The van der Waals surface area contributed by atoms with Gasteiger partial charge in [0.2, 0.25) is 0 Å². The quantitative estimate of drug-likeness (QED) is 0.427. The molecule has 0 aliphatic heterocycles. The molecule has 0 aliphatic rings. The minimum atomic E-state index is -4.63. The lowest BCUT2D eigenvalue weighted by atomic mass is 10.1. The molecule has 1 aromatic rings. The van der Waals surface area contributed by atoms with Crippen molar-refractivity contribution in [2.45, 2.75) is 25.9 Å². The summed E-state index contributed by atoms with van der Waals surface area (Å²) in [5, 5.41) is 0. The van der Waals surface area contributed by atoms with Crippen LogP contribution < -0.4 is 0 Å². The van der Waals surface area contributed by atoms with E-state index >= 15 is 0 Å². The maximum atomic E-state index is 12.9. The number of unbranched alkanes of at least 4 members (excludes halogenated alkanes) is 1. The molecule has 100 valence electrons. The van der Waals surface area contributed by atoms with E-state index in [0.29, 0.717) is 12.7 Å². The van der Waals surface area contributed by atoms with Gasteiger partial charge in [0, 0.05) is 5.56 Å². The maximum absolute atomic E-state index is 12.9. The van der Waals surface area contributed by atoms with Crippen LogP contribution in [0.25, 0.3) is 5.76 Å². The Morgan fingerprint density at radius 1 is 1.33 bits per heavy atom. The van der Waals surface area contributed by atoms with Gasteiger partial charge in [-0.3, -0.25) is 0 Å². The Balaban J connectivity index is 2.97. The van der Waals surface area contributed by atoms with Crippen LogP contribution in [0.3, 0.4) is 0 Å². The molecule has 18 heavy (non-hydrogen) atoms. The van der Waals surface area contributed by atoms with Crippen LogP contribution in [-0.4, -0.2) is 6.61 Å². The molecule has 1 nitrogen and oxygen atoms in total. The van der Waals surface area contributed by atoms with E-state index in [1.54, 1.807) is 0 Å². The normalized spacial score (nSPS) is 11.4. The predicted octanol–water partition coefficient (Wildman–Crippen LogP) is 4.63. The fourth-order valence-corrected chi connectivity index (χ4v) is 1.41. The fourth-order valence-electron chi connectivity index (χ4n) is 1.41. The molecule has 0 atom stereocenters. The zero-order valence-corrected chi connectivity index (χ0v) is 9.98. The zero-order chi connectivity index (χ0) is 13.8. The molecule has 0 fully saturated rings. The van der Waals surface area contributed by atoms with Crippen LogP contribution in [0.4, 0.5) is 17.6 Å². The predicted molar refractivity (Wildman–Crippen MR) is 61.3 cm³/mol. The summed E-state index contributed by atoms with van der Waals surface area (Å²) in [4.78, 5) is 0. The highest BCUT2D eigenvalue weighted by Gasteiger charge is 2.34. The van der Waals surface area contributed by atoms with Gasteiger partial charge in [-0.05, 0) is 24.6 Å². The Labute approximate surface area is 103 Å². The number of ether oxygens (including phenoxy) is 1. The summed E-state index contributed by atoms with van der Waals surface area (Å²) in [5.74, 6) is -1.02. The van der Waals surface area contributed by atoms with Crippen LogP contribution in [0, 0.1) is 5.82 Å². The van der Waals surface area contributed by atoms with Gasteiger partial charge in [0.15, 0.2) is 0 Å². The molecule has 1 aromatic carbocycles. The maximum Gasteiger partial charge on any atom is 0.417 e. The second-order valence-electron chi connectivity index (χ2n) is 3.81. The molecule has 0 saturated heterocycles. The van der Waals surface area contributed by atoms with Crippen molar-refractivity contribution in [1.29, 1.82) is 0 Å². The van der Waals surface area contributed by atoms with Gasteiger partial charge >= 0.3 is 6.18 Å². The van der Waals surface area contributed by atoms with Gasteiger partial charge in [0.1, 0.15) is 11.6 Å². The summed E-state index contributed by atoms with van der Waals surface area (Å²) in [6.45, 7) is 5.69. The van der Waals surface area contributed by atoms with E-state index in [9.17, 15) is 17.6 Å². The number of halogens is 4. The van der Waals surface area contributed by atoms with Crippen molar-refractivity contribution >= 4 is 5.76 Å². The van der Waals surface area contributed by atoms with Crippen LogP contribution in [-0.2, 0) is 10.9 Å². The highest BCUT2D eigenvalue weighted by atomic mass is 19.4. The third-order valence-electron chi connectivity index (χ3n) is 2.36. The van der Waals surface area contributed by atoms with Crippen LogP contribution >= 0.6 is 0 Å². The molecular weight excluding hydrogens is 248 g/mol. The van der Waals surface area contributed by atoms with Crippen LogP contribution in [0.2, 0.25) is 0 Å². The van der Waals surface area contributed by atoms with Crippen LogP contribution in [0.15, 0.2) is 24.8 Å². The highest BCUT2D eigenvalue weighted by Crippen LogP contribution is 2.35. The Morgan fingerprint density at radius 3 is 2.56 bits per heavy atom. The van der Waals surface area contributed by atoms with Crippen LogP contribution in [0.1, 0.15) is 30.9 Å². The summed E-state index contributed by atoms with van der Waals surface area (Å²) >= 11 is 0. The summed E-state index contributed by atoms with van der Waals surface area (Å²) in [6, 6.07) is 2.44. The van der Waals surface area contributed by atoms with E-state index in [4.69, 9.17) is 4.74 Å². The number of benzene rings is 1. The van der Waals surface area contributed by atoms with Gasteiger partial charge in [-0.25, -0.2) is 4.39 Å². The first-order chi connectivity index (χ1) is 8.36. The van der Waals surface area contributed by atoms with Gasteiger partial charge in [-0.2, -0.15) is 13.2 Å². The molecule has 0 spiro atoms. The smallest absolute Gasteiger partial charge is 0.417 e. The third-order valence-corrected chi connectivity index (χ3v) is 2.36. The second-order valence-corrected chi connectivity index (χ2v) is 3.81. The van der Waals surface area contributed by atoms with Crippen molar-refractivity contribution < 1.29 is 22.3 Å². The molecule has 0 saturated carbocycles. The highest BCUT2D eigenvalue weighted by molar-refractivity contribution is 5.61. The Morgan fingerprint density at radius 2 is 2.00 bits per heavy atom. The monoisotopic (exact) mass is 262 g/mol. The summed E-state index contributed by atoms with van der Waals surface area (Å²) in [5.41, 5.74) is -1.29. The molecule has 0 radical (unpaired) electrons. The molecule has 0 aliphatic carbocycles. The Hall–Kier alpha value is -1.52. The van der Waals surface area contributed by atoms with Crippen molar-refractivity contribution in [2.24, 2.45) is 0 Å². The molecule has 1 rings (SSSR count). The average molecular weight is 262 g/mol. The van der Waals surface area contributed by atoms with Gasteiger partial charge in [-0.15, -0.1) is 0 Å². The van der Waals surface area contributed by atoms with Crippen molar-refractivity contribution in [3.63, 3.8) is 0 Å². The van der Waals surface area contributed by atoms with Gasteiger partial charge in [0.05, 0.1) is 12.2 Å². The molecule has 0 N–H and O–H groups in total. The SMILES string of the molecule is C=C(OCCCC)c1ccc(F)cc1C(F)(F)F. The van der Waals surface area contributed by atoms with Gasteiger partial charge in [-0.1, -0.05) is 19.9 Å². The molecule has 5 heteroatoms. The minimum Gasteiger partial charge on any atom is -0.494 e. The number of rotatable bonds is 5. The summed E-state index contributed by atoms with van der Waals surface area (Å²) in [6.07, 6.45) is -3.04. The van der Waals surface area contributed by atoms with E-state index in [2.05, 4.69) is 6.58 Å². The van der Waals surface area contributed by atoms with Crippen molar-refractivity contribution in [3.8, 4) is 0 Å². The molecule has 0 unspecified atom stereocenters.